The highest BCUT2D eigenvalue weighted by molar-refractivity contribution is 7.92. The van der Waals surface area contributed by atoms with E-state index in [2.05, 4.69) is 5.32 Å². The standard InChI is InChI=1S/C27H37N3O6S/c1-7-22(26(32)28-27(4,5)6)29(16-20-11-9-19(3)10-12-20)25(31)17-30(37(33,34)8-2)21-13-14-23-24(15-21)36-18-35-23/h9-15,22H,7-8,16-18H2,1-6H3,(H,28,32)/t22-/m1/s1. The number of sulfonamides is 1. The van der Waals surface area contributed by atoms with Crippen molar-refractivity contribution in [3.63, 3.8) is 0 Å². The van der Waals surface area contributed by atoms with Crippen molar-refractivity contribution < 1.29 is 27.5 Å². The molecule has 9 nitrogen and oxygen atoms in total. The van der Waals surface area contributed by atoms with Crippen molar-refractivity contribution >= 4 is 27.5 Å². The lowest BCUT2D eigenvalue weighted by atomic mass is 10.1. The van der Waals surface area contributed by atoms with Gasteiger partial charge in [0.1, 0.15) is 12.6 Å². The van der Waals surface area contributed by atoms with E-state index in [1.54, 1.807) is 18.2 Å². The Balaban J connectivity index is 1.98. The van der Waals surface area contributed by atoms with E-state index in [1.807, 2.05) is 58.9 Å². The van der Waals surface area contributed by atoms with Crippen LogP contribution in [0.3, 0.4) is 0 Å². The zero-order chi connectivity index (χ0) is 27.4. The van der Waals surface area contributed by atoms with Crippen molar-refractivity contribution in [2.45, 2.75) is 66.1 Å². The van der Waals surface area contributed by atoms with E-state index in [1.165, 1.54) is 11.8 Å². The molecule has 1 aliphatic rings. The summed E-state index contributed by atoms with van der Waals surface area (Å²) in [6.07, 6.45) is 0.365. The number of benzene rings is 2. The molecule has 10 heteroatoms. The highest BCUT2D eigenvalue weighted by atomic mass is 32.2. The average Bonchev–Trinajstić information content (AvgIpc) is 3.30. The van der Waals surface area contributed by atoms with Gasteiger partial charge in [0.05, 0.1) is 11.4 Å². The quantitative estimate of drug-likeness (QED) is 0.502. The van der Waals surface area contributed by atoms with Gasteiger partial charge in [0, 0.05) is 18.2 Å². The number of hydrogen-bond donors (Lipinski definition) is 1. The second kappa shape index (κ2) is 11.4. The van der Waals surface area contributed by atoms with Crippen LogP contribution in [0, 0.1) is 6.92 Å². The molecular weight excluding hydrogens is 494 g/mol. The van der Waals surface area contributed by atoms with Gasteiger partial charge in [0.15, 0.2) is 11.5 Å². The van der Waals surface area contributed by atoms with Gasteiger partial charge < -0.3 is 19.7 Å². The molecule has 1 aliphatic heterocycles. The SMILES string of the molecule is CC[C@H](C(=O)NC(C)(C)C)N(Cc1ccc(C)cc1)C(=O)CN(c1ccc2c(c1)OCO2)S(=O)(=O)CC. The zero-order valence-electron chi connectivity index (χ0n) is 22.4. The summed E-state index contributed by atoms with van der Waals surface area (Å²) in [5.74, 6) is -0.0489. The van der Waals surface area contributed by atoms with Crippen LogP contribution in [0.25, 0.3) is 0 Å². The number of aryl methyl sites for hydroxylation is 1. The number of carbonyl (C=O) groups excluding carboxylic acids is 2. The summed E-state index contributed by atoms with van der Waals surface area (Å²) in [5, 5.41) is 2.96. The highest BCUT2D eigenvalue weighted by Crippen LogP contribution is 2.36. The van der Waals surface area contributed by atoms with Gasteiger partial charge in [-0.1, -0.05) is 36.8 Å². The Kier molecular flexibility index (Phi) is 8.73. The lowest BCUT2D eigenvalue weighted by molar-refractivity contribution is -0.141. The molecule has 202 valence electrons. The minimum atomic E-state index is -3.83. The van der Waals surface area contributed by atoms with Crippen molar-refractivity contribution in [3.8, 4) is 11.5 Å². The summed E-state index contributed by atoms with van der Waals surface area (Å²) in [7, 11) is -3.83. The average molecular weight is 532 g/mol. The summed E-state index contributed by atoms with van der Waals surface area (Å²) < 4.78 is 38.1. The van der Waals surface area contributed by atoms with Crippen molar-refractivity contribution in [1.29, 1.82) is 0 Å². The van der Waals surface area contributed by atoms with Crippen molar-refractivity contribution in [2.24, 2.45) is 0 Å². The van der Waals surface area contributed by atoms with Gasteiger partial charge in [0.2, 0.25) is 28.6 Å². The number of nitrogens with one attached hydrogen (secondary N) is 1. The molecule has 1 N–H and O–H groups in total. The number of rotatable bonds is 10. The second-order valence-electron chi connectivity index (χ2n) is 10.1. The monoisotopic (exact) mass is 531 g/mol. The second-order valence-corrected chi connectivity index (χ2v) is 12.3. The third-order valence-electron chi connectivity index (χ3n) is 5.98. The predicted octanol–water partition coefficient (Wildman–Crippen LogP) is 3.60. The Bertz CT molecular complexity index is 1220. The lowest BCUT2D eigenvalue weighted by Gasteiger charge is -2.34. The largest absolute Gasteiger partial charge is 0.454 e. The number of ether oxygens (including phenoxy) is 2. The molecule has 0 saturated carbocycles. The van der Waals surface area contributed by atoms with Gasteiger partial charge in [-0.25, -0.2) is 8.42 Å². The van der Waals surface area contributed by atoms with E-state index in [0.717, 1.165) is 15.4 Å². The lowest BCUT2D eigenvalue weighted by Crippen LogP contribution is -2.55. The first-order valence-corrected chi connectivity index (χ1v) is 14.0. The molecule has 0 aromatic heterocycles. The van der Waals surface area contributed by atoms with Gasteiger partial charge in [0.25, 0.3) is 0 Å². The number of hydrogen-bond acceptors (Lipinski definition) is 6. The Hall–Kier alpha value is -3.27. The van der Waals surface area contributed by atoms with Crippen LogP contribution in [-0.4, -0.2) is 55.8 Å². The molecule has 0 radical (unpaired) electrons. The smallest absolute Gasteiger partial charge is 0.244 e. The van der Waals surface area contributed by atoms with E-state index in [-0.39, 0.29) is 25.0 Å². The van der Waals surface area contributed by atoms with Crippen LogP contribution in [0.5, 0.6) is 11.5 Å². The zero-order valence-corrected chi connectivity index (χ0v) is 23.2. The third-order valence-corrected chi connectivity index (χ3v) is 7.72. The van der Waals surface area contributed by atoms with Crippen molar-refractivity contribution in [2.75, 3.05) is 23.4 Å². The first-order valence-electron chi connectivity index (χ1n) is 12.4. The Morgan fingerprint density at radius 3 is 2.27 bits per heavy atom. The molecule has 0 bridgehead atoms. The van der Waals surface area contributed by atoms with E-state index >= 15 is 0 Å². The van der Waals surface area contributed by atoms with Gasteiger partial charge in [-0.2, -0.15) is 0 Å². The molecule has 2 aromatic carbocycles. The fourth-order valence-corrected chi connectivity index (χ4v) is 5.08. The van der Waals surface area contributed by atoms with E-state index in [0.29, 0.717) is 23.6 Å². The molecule has 0 unspecified atom stereocenters. The van der Waals surface area contributed by atoms with Gasteiger partial charge in [-0.3, -0.25) is 13.9 Å². The fraction of sp³-hybridized carbons (Fsp3) is 0.481. The number of amides is 2. The summed E-state index contributed by atoms with van der Waals surface area (Å²) in [6, 6.07) is 11.7. The molecule has 0 fully saturated rings. The van der Waals surface area contributed by atoms with E-state index in [9.17, 15) is 18.0 Å². The van der Waals surface area contributed by atoms with Crippen LogP contribution >= 0.6 is 0 Å². The minimum Gasteiger partial charge on any atom is -0.454 e. The van der Waals surface area contributed by atoms with Gasteiger partial charge >= 0.3 is 0 Å². The molecule has 37 heavy (non-hydrogen) atoms. The summed E-state index contributed by atoms with van der Waals surface area (Å²) in [4.78, 5) is 28.6. The molecule has 0 aliphatic carbocycles. The number of carbonyl (C=O) groups is 2. The van der Waals surface area contributed by atoms with Crippen molar-refractivity contribution in [1.82, 2.24) is 10.2 Å². The molecular formula is C27H37N3O6S. The third kappa shape index (κ3) is 7.15. The maximum absolute atomic E-state index is 13.8. The Morgan fingerprint density at radius 1 is 1.03 bits per heavy atom. The normalized spacial score (nSPS) is 13.7. The Labute approximate surface area is 219 Å². The van der Waals surface area contributed by atoms with Crippen LogP contribution in [0.2, 0.25) is 0 Å². The first kappa shape index (κ1) is 28.3. The van der Waals surface area contributed by atoms with E-state index < -0.39 is 34.1 Å². The predicted molar refractivity (Wildman–Crippen MR) is 143 cm³/mol. The summed E-state index contributed by atoms with van der Waals surface area (Å²) in [6.45, 7) is 10.7. The fourth-order valence-electron chi connectivity index (χ4n) is 4.02. The topological polar surface area (TPSA) is 105 Å². The van der Waals surface area contributed by atoms with Gasteiger partial charge in [-0.05, 0) is 58.7 Å². The van der Waals surface area contributed by atoms with Gasteiger partial charge in [-0.15, -0.1) is 0 Å². The van der Waals surface area contributed by atoms with Crippen molar-refractivity contribution in [3.05, 3.63) is 53.6 Å². The van der Waals surface area contributed by atoms with E-state index in [4.69, 9.17) is 9.47 Å². The maximum atomic E-state index is 13.8. The molecule has 2 amide bonds. The number of anilines is 1. The molecule has 0 saturated heterocycles. The highest BCUT2D eigenvalue weighted by Gasteiger charge is 2.34. The molecule has 2 aromatic rings. The van der Waals surface area contributed by atoms with Crippen LogP contribution < -0.4 is 19.1 Å². The number of fused-ring (bicyclic) bond motifs is 1. The summed E-state index contributed by atoms with van der Waals surface area (Å²) >= 11 is 0. The molecule has 1 heterocycles. The number of nitrogens with zero attached hydrogens (tertiary/aromatic N) is 2. The van der Waals surface area contributed by atoms with Crippen LogP contribution in [-0.2, 0) is 26.2 Å². The summed E-state index contributed by atoms with van der Waals surface area (Å²) in [5.41, 5.74) is 1.71. The van der Waals surface area contributed by atoms with Crippen LogP contribution in [0.15, 0.2) is 42.5 Å². The maximum Gasteiger partial charge on any atom is 0.244 e. The molecule has 1 atom stereocenters. The molecule has 0 spiro atoms. The van der Waals surface area contributed by atoms with Crippen LogP contribution in [0.4, 0.5) is 5.69 Å². The first-order chi connectivity index (χ1) is 17.3. The Morgan fingerprint density at radius 2 is 1.68 bits per heavy atom. The van der Waals surface area contributed by atoms with Crippen LogP contribution in [0.1, 0.15) is 52.2 Å². The minimum absolute atomic E-state index is 0.0453. The molecule has 3 rings (SSSR count).